The number of benzene rings is 2. The number of para-hydroxylation sites is 2. The largest absolute Gasteiger partial charge is 0.395 e. The SMILES string of the molecule is NC(CO)Cn1c2ccccc2c2ccccc21. The van der Waals surface area contributed by atoms with Crippen LogP contribution in [0.4, 0.5) is 0 Å². The lowest BCUT2D eigenvalue weighted by molar-refractivity contribution is 0.256. The summed E-state index contributed by atoms with van der Waals surface area (Å²) in [7, 11) is 0. The van der Waals surface area contributed by atoms with Gasteiger partial charge in [-0.1, -0.05) is 36.4 Å². The number of aliphatic hydroxyl groups is 1. The van der Waals surface area contributed by atoms with Crippen molar-refractivity contribution in [3.63, 3.8) is 0 Å². The number of hydrogen-bond acceptors (Lipinski definition) is 2. The molecule has 3 N–H and O–H groups in total. The van der Waals surface area contributed by atoms with Gasteiger partial charge in [0.05, 0.1) is 6.61 Å². The van der Waals surface area contributed by atoms with Crippen LogP contribution in [0, 0.1) is 0 Å². The number of nitrogens with zero attached hydrogens (tertiary/aromatic N) is 1. The second-order valence-corrected chi connectivity index (χ2v) is 4.59. The van der Waals surface area contributed by atoms with Gasteiger partial charge in [0.25, 0.3) is 0 Å². The standard InChI is InChI=1S/C15H16N2O/c16-11(10-18)9-17-14-7-3-1-5-12(14)13-6-2-4-8-15(13)17/h1-8,11,18H,9-10,16H2. The lowest BCUT2D eigenvalue weighted by atomic mass is 10.2. The molecule has 2 aromatic carbocycles. The van der Waals surface area contributed by atoms with Gasteiger partial charge in [-0.25, -0.2) is 0 Å². The first-order valence-corrected chi connectivity index (χ1v) is 6.13. The summed E-state index contributed by atoms with van der Waals surface area (Å²) < 4.78 is 2.19. The zero-order chi connectivity index (χ0) is 12.5. The van der Waals surface area contributed by atoms with E-state index in [4.69, 9.17) is 10.8 Å². The summed E-state index contributed by atoms with van der Waals surface area (Å²) in [5.41, 5.74) is 8.21. The summed E-state index contributed by atoms with van der Waals surface area (Å²) in [6.45, 7) is 0.630. The van der Waals surface area contributed by atoms with Gasteiger partial charge in [-0.3, -0.25) is 0 Å². The van der Waals surface area contributed by atoms with Crippen molar-refractivity contribution in [1.82, 2.24) is 4.57 Å². The average Bonchev–Trinajstić information content (AvgIpc) is 2.74. The van der Waals surface area contributed by atoms with Gasteiger partial charge >= 0.3 is 0 Å². The molecule has 0 saturated heterocycles. The topological polar surface area (TPSA) is 51.2 Å². The maximum Gasteiger partial charge on any atom is 0.0600 e. The highest BCUT2D eigenvalue weighted by Crippen LogP contribution is 2.28. The minimum atomic E-state index is -0.232. The summed E-state index contributed by atoms with van der Waals surface area (Å²) in [6.07, 6.45) is 0. The molecule has 0 aliphatic rings. The van der Waals surface area contributed by atoms with Crippen LogP contribution in [0.1, 0.15) is 0 Å². The van der Waals surface area contributed by atoms with Crippen LogP contribution in [0.5, 0.6) is 0 Å². The summed E-state index contributed by atoms with van der Waals surface area (Å²) in [5.74, 6) is 0. The Kier molecular flexibility index (Phi) is 2.78. The van der Waals surface area contributed by atoms with Crippen molar-refractivity contribution in [2.24, 2.45) is 5.73 Å². The third kappa shape index (κ3) is 1.68. The molecule has 0 bridgehead atoms. The summed E-state index contributed by atoms with van der Waals surface area (Å²) in [6, 6.07) is 16.4. The number of fused-ring (bicyclic) bond motifs is 3. The van der Waals surface area contributed by atoms with Crippen molar-refractivity contribution in [1.29, 1.82) is 0 Å². The molecule has 0 radical (unpaired) electrons. The first-order chi connectivity index (χ1) is 8.81. The predicted molar refractivity (Wildman–Crippen MR) is 74.5 cm³/mol. The molecule has 1 unspecified atom stereocenters. The Hall–Kier alpha value is -1.84. The Morgan fingerprint density at radius 2 is 1.44 bits per heavy atom. The molecule has 0 spiro atoms. The van der Waals surface area contributed by atoms with Crippen molar-refractivity contribution in [3.05, 3.63) is 48.5 Å². The van der Waals surface area contributed by atoms with Crippen molar-refractivity contribution in [3.8, 4) is 0 Å². The molecule has 18 heavy (non-hydrogen) atoms. The number of nitrogens with two attached hydrogens (primary N) is 1. The highest BCUT2D eigenvalue weighted by atomic mass is 16.3. The first-order valence-electron chi connectivity index (χ1n) is 6.13. The molecule has 1 heterocycles. The van der Waals surface area contributed by atoms with Crippen LogP contribution in [0.25, 0.3) is 21.8 Å². The van der Waals surface area contributed by atoms with Crippen LogP contribution in [-0.4, -0.2) is 22.3 Å². The molecule has 0 aliphatic heterocycles. The van der Waals surface area contributed by atoms with Gasteiger partial charge in [-0.05, 0) is 12.1 Å². The van der Waals surface area contributed by atoms with Gasteiger partial charge in [0, 0.05) is 34.4 Å². The van der Waals surface area contributed by atoms with Crippen LogP contribution in [0.3, 0.4) is 0 Å². The summed E-state index contributed by atoms with van der Waals surface area (Å²) in [5, 5.41) is 11.6. The smallest absolute Gasteiger partial charge is 0.0600 e. The van der Waals surface area contributed by atoms with E-state index in [-0.39, 0.29) is 12.6 Å². The zero-order valence-corrected chi connectivity index (χ0v) is 10.1. The van der Waals surface area contributed by atoms with Gasteiger partial charge < -0.3 is 15.4 Å². The van der Waals surface area contributed by atoms with E-state index in [9.17, 15) is 0 Å². The Morgan fingerprint density at radius 1 is 0.944 bits per heavy atom. The molecule has 3 heteroatoms. The minimum Gasteiger partial charge on any atom is -0.395 e. The minimum absolute atomic E-state index is 0.000827. The van der Waals surface area contributed by atoms with E-state index >= 15 is 0 Å². The summed E-state index contributed by atoms with van der Waals surface area (Å²) in [4.78, 5) is 0. The van der Waals surface area contributed by atoms with Crippen molar-refractivity contribution < 1.29 is 5.11 Å². The van der Waals surface area contributed by atoms with Gasteiger partial charge in [0.1, 0.15) is 0 Å². The lowest BCUT2D eigenvalue weighted by Gasteiger charge is -2.12. The maximum atomic E-state index is 9.14. The monoisotopic (exact) mass is 240 g/mol. The number of hydrogen-bond donors (Lipinski definition) is 2. The number of aromatic nitrogens is 1. The molecular formula is C15H16N2O. The van der Waals surface area contributed by atoms with E-state index < -0.39 is 0 Å². The highest BCUT2D eigenvalue weighted by molar-refractivity contribution is 6.07. The van der Waals surface area contributed by atoms with Crippen molar-refractivity contribution >= 4 is 21.8 Å². The van der Waals surface area contributed by atoms with Crippen LogP contribution < -0.4 is 5.73 Å². The molecule has 3 aromatic rings. The van der Waals surface area contributed by atoms with Crippen molar-refractivity contribution in [2.45, 2.75) is 12.6 Å². The maximum absolute atomic E-state index is 9.14. The van der Waals surface area contributed by atoms with Gasteiger partial charge in [0.2, 0.25) is 0 Å². The van der Waals surface area contributed by atoms with E-state index in [1.165, 1.54) is 21.8 Å². The Labute approximate surface area is 105 Å². The quantitative estimate of drug-likeness (QED) is 0.736. The molecule has 0 amide bonds. The Bertz CT molecular complexity index is 634. The van der Waals surface area contributed by atoms with Crippen LogP contribution >= 0.6 is 0 Å². The lowest BCUT2D eigenvalue weighted by Crippen LogP contribution is -2.29. The van der Waals surface area contributed by atoms with E-state index in [0.717, 1.165) is 0 Å². The van der Waals surface area contributed by atoms with Gasteiger partial charge in [-0.15, -0.1) is 0 Å². The molecule has 3 nitrogen and oxygen atoms in total. The van der Waals surface area contributed by atoms with Gasteiger partial charge in [0.15, 0.2) is 0 Å². The third-order valence-electron chi connectivity index (χ3n) is 3.33. The fraction of sp³-hybridized carbons (Fsp3) is 0.200. The van der Waals surface area contributed by atoms with E-state index in [0.29, 0.717) is 6.54 Å². The van der Waals surface area contributed by atoms with Crippen molar-refractivity contribution in [2.75, 3.05) is 6.61 Å². The van der Waals surface area contributed by atoms with Gasteiger partial charge in [-0.2, -0.15) is 0 Å². The Morgan fingerprint density at radius 3 is 1.94 bits per heavy atom. The molecule has 3 rings (SSSR count). The third-order valence-corrected chi connectivity index (χ3v) is 3.33. The van der Waals surface area contributed by atoms with Crippen LogP contribution in [0.2, 0.25) is 0 Å². The van der Waals surface area contributed by atoms with Crippen LogP contribution in [0.15, 0.2) is 48.5 Å². The normalized spacial score (nSPS) is 13.2. The summed E-state index contributed by atoms with van der Waals surface area (Å²) >= 11 is 0. The molecule has 0 fully saturated rings. The fourth-order valence-corrected chi connectivity index (χ4v) is 2.49. The van der Waals surface area contributed by atoms with E-state index in [2.05, 4.69) is 28.8 Å². The molecule has 1 atom stereocenters. The van der Waals surface area contributed by atoms with Crippen LogP contribution in [-0.2, 0) is 6.54 Å². The number of rotatable bonds is 3. The highest BCUT2D eigenvalue weighted by Gasteiger charge is 2.11. The fourth-order valence-electron chi connectivity index (χ4n) is 2.49. The Balaban J connectivity index is 2.31. The molecule has 0 aliphatic carbocycles. The molecule has 1 aromatic heterocycles. The average molecular weight is 240 g/mol. The first kappa shape index (κ1) is 11.3. The van der Waals surface area contributed by atoms with E-state index in [1.807, 2.05) is 24.3 Å². The number of aliphatic hydroxyl groups excluding tert-OH is 1. The second kappa shape index (κ2) is 4.44. The molecule has 0 saturated carbocycles. The zero-order valence-electron chi connectivity index (χ0n) is 10.1. The molecular weight excluding hydrogens is 224 g/mol. The predicted octanol–water partition coefficient (Wildman–Crippen LogP) is 2.11. The molecule has 92 valence electrons. The van der Waals surface area contributed by atoms with E-state index in [1.54, 1.807) is 0 Å². The second-order valence-electron chi connectivity index (χ2n) is 4.59.